The molecule has 3 rings (SSSR count). The molecule has 154 valence electrons. The van der Waals surface area contributed by atoms with Crippen molar-refractivity contribution in [1.82, 2.24) is 0 Å². The van der Waals surface area contributed by atoms with Crippen molar-refractivity contribution in [2.45, 2.75) is 43.9 Å². The maximum Gasteiger partial charge on any atom is 0.337 e. The smallest absolute Gasteiger partial charge is 0.337 e. The Labute approximate surface area is 170 Å². The molecular weight excluding hydrogens is 390 g/mol. The van der Waals surface area contributed by atoms with Gasteiger partial charge in [-0.3, -0.25) is 4.79 Å². The van der Waals surface area contributed by atoms with Gasteiger partial charge in [0.1, 0.15) is 0 Å². The number of amides is 1. The minimum Gasteiger partial charge on any atom is -0.478 e. The number of hydrogen-bond donors (Lipinski definition) is 2. The standard InChI is InChI=1S/C22H25NO5S/c1-14-8-10-17(23-21(24)15-6-4-3-5-7-15)13-19(14)16-9-11-18(22(25)26)20(12-16)29(2,27)28/h8-13,15H,3-7H2,1-2H3,(H,23,24)(H,25,26). The van der Waals surface area contributed by atoms with E-state index in [1.807, 2.05) is 19.1 Å². The molecule has 1 amide bonds. The lowest BCUT2D eigenvalue weighted by molar-refractivity contribution is -0.120. The van der Waals surface area contributed by atoms with E-state index in [0.29, 0.717) is 11.3 Å². The van der Waals surface area contributed by atoms with E-state index in [0.717, 1.165) is 43.1 Å². The van der Waals surface area contributed by atoms with Crippen molar-refractivity contribution >= 4 is 27.4 Å². The monoisotopic (exact) mass is 415 g/mol. The zero-order chi connectivity index (χ0) is 21.2. The number of carboxylic acids is 1. The Hall–Kier alpha value is -2.67. The van der Waals surface area contributed by atoms with Crippen LogP contribution in [0, 0.1) is 12.8 Å². The number of rotatable bonds is 5. The van der Waals surface area contributed by atoms with E-state index in [1.54, 1.807) is 12.1 Å². The van der Waals surface area contributed by atoms with Crippen molar-refractivity contribution < 1.29 is 23.1 Å². The van der Waals surface area contributed by atoms with Gasteiger partial charge >= 0.3 is 5.97 Å². The van der Waals surface area contributed by atoms with E-state index >= 15 is 0 Å². The number of nitrogens with one attached hydrogen (secondary N) is 1. The van der Waals surface area contributed by atoms with Gasteiger partial charge in [0.2, 0.25) is 5.91 Å². The topological polar surface area (TPSA) is 101 Å². The van der Waals surface area contributed by atoms with Crippen LogP contribution in [0.15, 0.2) is 41.3 Å². The molecule has 1 fully saturated rings. The lowest BCUT2D eigenvalue weighted by Gasteiger charge is -2.21. The zero-order valence-corrected chi connectivity index (χ0v) is 17.4. The zero-order valence-electron chi connectivity index (χ0n) is 16.6. The summed E-state index contributed by atoms with van der Waals surface area (Å²) >= 11 is 0. The summed E-state index contributed by atoms with van der Waals surface area (Å²) in [6.07, 6.45) is 6.11. The summed E-state index contributed by atoms with van der Waals surface area (Å²) in [5.41, 5.74) is 2.61. The molecule has 7 heteroatoms. The molecule has 6 nitrogen and oxygen atoms in total. The third kappa shape index (κ3) is 4.85. The van der Waals surface area contributed by atoms with Crippen molar-refractivity contribution in [3.63, 3.8) is 0 Å². The molecule has 0 bridgehead atoms. The summed E-state index contributed by atoms with van der Waals surface area (Å²) in [5.74, 6) is -1.25. The molecule has 0 saturated heterocycles. The largest absolute Gasteiger partial charge is 0.478 e. The lowest BCUT2D eigenvalue weighted by Crippen LogP contribution is -2.24. The fourth-order valence-corrected chi connectivity index (χ4v) is 4.69. The number of carboxylic acid groups (broad SMARTS) is 1. The van der Waals surface area contributed by atoms with Crippen molar-refractivity contribution in [2.75, 3.05) is 11.6 Å². The summed E-state index contributed by atoms with van der Waals surface area (Å²) in [4.78, 5) is 23.7. The van der Waals surface area contributed by atoms with Gasteiger partial charge in [-0.15, -0.1) is 0 Å². The summed E-state index contributed by atoms with van der Waals surface area (Å²) in [5, 5.41) is 12.3. The predicted octanol–water partition coefficient (Wildman–Crippen LogP) is 4.28. The van der Waals surface area contributed by atoms with E-state index in [4.69, 9.17) is 0 Å². The van der Waals surface area contributed by atoms with Crippen LogP contribution >= 0.6 is 0 Å². The molecule has 0 heterocycles. The molecule has 2 aromatic rings. The van der Waals surface area contributed by atoms with Crippen molar-refractivity contribution in [3.05, 3.63) is 47.5 Å². The Bertz CT molecular complexity index is 1050. The van der Waals surface area contributed by atoms with Gasteiger partial charge in [0.05, 0.1) is 10.5 Å². The van der Waals surface area contributed by atoms with E-state index in [1.165, 1.54) is 18.6 Å². The van der Waals surface area contributed by atoms with Gasteiger partial charge in [0.15, 0.2) is 9.84 Å². The second kappa shape index (κ2) is 8.37. The highest BCUT2D eigenvalue weighted by molar-refractivity contribution is 7.90. The maximum absolute atomic E-state index is 12.5. The fourth-order valence-electron chi connectivity index (χ4n) is 3.79. The number of benzene rings is 2. The number of sulfone groups is 1. The lowest BCUT2D eigenvalue weighted by atomic mass is 9.88. The summed E-state index contributed by atoms with van der Waals surface area (Å²) in [6, 6.07) is 9.76. The average Bonchev–Trinajstić information content (AvgIpc) is 2.69. The van der Waals surface area contributed by atoms with Crippen LogP contribution in [0.4, 0.5) is 5.69 Å². The average molecular weight is 416 g/mol. The summed E-state index contributed by atoms with van der Waals surface area (Å²) < 4.78 is 24.2. The highest BCUT2D eigenvalue weighted by Crippen LogP contribution is 2.31. The molecule has 0 radical (unpaired) electrons. The van der Waals surface area contributed by atoms with Crippen LogP contribution in [-0.4, -0.2) is 31.7 Å². The number of aryl methyl sites for hydroxylation is 1. The number of carbonyl (C=O) groups is 2. The molecule has 2 aromatic carbocycles. The number of carbonyl (C=O) groups excluding carboxylic acids is 1. The van der Waals surface area contributed by atoms with Crippen LogP contribution in [0.3, 0.4) is 0 Å². The first-order valence-electron chi connectivity index (χ1n) is 9.66. The quantitative estimate of drug-likeness (QED) is 0.759. The molecule has 0 aromatic heterocycles. The van der Waals surface area contributed by atoms with Crippen LogP contribution in [0.25, 0.3) is 11.1 Å². The molecule has 0 atom stereocenters. The van der Waals surface area contributed by atoms with Crippen LogP contribution in [0.2, 0.25) is 0 Å². The minimum atomic E-state index is -3.72. The highest BCUT2D eigenvalue weighted by atomic mass is 32.2. The highest BCUT2D eigenvalue weighted by Gasteiger charge is 2.22. The molecule has 2 N–H and O–H groups in total. The first-order chi connectivity index (χ1) is 13.7. The van der Waals surface area contributed by atoms with Crippen molar-refractivity contribution in [1.29, 1.82) is 0 Å². The Kier molecular flexibility index (Phi) is 6.07. The molecule has 0 aliphatic heterocycles. The van der Waals surface area contributed by atoms with Gasteiger partial charge in [-0.25, -0.2) is 13.2 Å². The maximum atomic E-state index is 12.5. The molecule has 1 saturated carbocycles. The van der Waals surface area contributed by atoms with Gasteiger partial charge in [-0.1, -0.05) is 31.4 Å². The molecule has 1 aliphatic rings. The second-order valence-corrected chi connectivity index (χ2v) is 9.63. The van der Waals surface area contributed by atoms with E-state index in [9.17, 15) is 23.1 Å². The fraction of sp³-hybridized carbons (Fsp3) is 0.364. The van der Waals surface area contributed by atoms with Crippen molar-refractivity contribution in [3.8, 4) is 11.1 Å². The third-order valence-electron chi connectivity index (χ3n) is 5.40. The first kappa shape index (κ1) is 21.0. The summed E-state index contributed by atoms with van der Waals surface area (Å²) in [7, 11) is -3.72. The normalized spacial score (nSPS) is 15.1. The third-order valence-corrected chi connectivity index (χ3v) is 6.54. The predicted molar refractivity (Wildman–Crippen MR) is 112 cm³/mol. The van der Waals surface area contributed by atoms with Gasteiger partial charge < -0.3 is 10.4 Å². The SMILES string of the molecule is Cc1ccc(NC(=O)C2CCCCC2)cc1-c1ccc(C(=O)O)c(S(C)(=O)=O)c1. The molecular formula is C22H25NO5S. The number of aromatic carboxylic acids is 1. The van der Waals surface area contributed by atoms with Crippen LogP contribution < -0.4 is 5.32 Å². The van der Waals surface area contributed by atoms with Crippen LogP contribution in [-0.2, 0) is 14.6 Å². The van der Waals surface area contributed by atoms with Crippen LogP contribution in [0.1, 0.15) is 48.0 Å². The van der Waals surface area contributed by atoms with Crippen molar-refractivity contribution in [2.24, 2.45) is 5.92 Å². The van der Waals surface area contributed by atoms with Gasteiger partial charge in [0, 0.05) is 17.9 Å². The number of hydrogen-bond acceptors (Lipinski definition) is 4. The molecule has 1 aliphatic carbocycles. The van der Waals surface area contributed by atoms with Gasteiger partial charge in [-0.2, -0.15) is 0 Å². The number of anilines is 1. The first-order valence-corrected chi connectivity index (χ1v) is 11.6. The minimum absolute atomic E-state index is 0.0116. The Morgan fingerprint density at radius 3 is 2.34 bits per heavy atom. The summed E-state index contributed by atoms with van der Waals surface area (Å²) in [6.45, 7) is 1.88. The van der Waals surface area contributed by atoms with Gasteiger partial charge in [-0.05, 0) is 60.7 Å². The molecule has 0 unspecified atom stereocenters. The van der Waals surface area contributed by atoms with Crippen LogP contribution in [0.5, 0.6) is 0 Å². The van der Waals surface area contributed by atoms with E-state index in [2.05, 4.69) is 5.32 Å². The Morgan fingerprint density at radius 1 is 1.03 bits per heavy atom. The van der Waals surface area contributed by atoms with E-state index < -0.39 is 15.8 Å². The molecule has 29 heavy (non-hydrogen) atoms. The Morgan fingerprint density at radius 2 is 1.72 bits per heavy atom. The second-order valence-electron chi connectivity index (χ2n) is 7.64. The van der Waals surface area contributed by atoms with E-state index in [-0.39, 0.29) is 22.3 Å². The Balaban J connectivity index is 1.96. The molecule has 0 spiro atoms. The van der Waals surface area contributed by atoms with Gasteiger partial charge in [0.25, 0.3) is 0 Å².